The van der Waals surface area contributed by atoms with E-state index in [2.05, 4.69) is 15.6 Å². The summed E-state index contributed by atoms with van der Waals surface area (Å²) in [5.41, 5.74) is 0.866. The van der Waals surface area contributed by atoms with E-state index in [4.69, 9.17) is 0 Å². The molecule has 0 saturated heterocycles. The number of benzene rings is 1. The summed E-state index contributed by atoms with van der Waals surface area (Å²) in [6, 6.07) is 2.42. The number of hydrogen-bond acceptors (Lipinski definition) is 4. The maximum Gasteiger partial charge on any atom is 0.314 e. The molecular weight excluding hydrogens is 324 g/mol. The monoisotopic (exact) mass is 341 g/mol. The number of hydrogen-bond donors (Lipinski definition) is 3. The van der Waals surface area contributed by atoms with Crippen molar-refractivity contribution in [2.24, 2.45) is 0 Å². The number of aromatic nitrogens is 1. The Hall–Kier alpha value is -2.06. The van der Waals surface area contributed by atoms with Crippen LogP contribution in [0.15, 0.2) is 29.1 Å². The lowest BCUT2D eigenvalue weighted by atomic mass is 9.95. The van der Waals surface area contributed by atoms with Crippen molar-refractivity contribution in [1.29, 1.82) is 0 Å². The summed E-state index contributed by atoms with van der Waals surface area (Å²) in [6.07, 6.45) is 0.597. The third-order valence-electron chi connectivity index (χ3n) is 3.25. The zero-order valence-corrected chi connectivity index (χ0v) is 13.3. The number of halogens is 2. The van der Waals surface area contributed by atoms with Gasteiger partial charge in [0.25, 0.3) is 0 Å². The van der Waals surface area contributed by atoms with Gasteiger partial charge < -0.3 is 15.7 Å². The number of aliphatic hydroxyl groups is 1. The van der Waals surface area contributed by atoms with E-state index in [-0.39, 0.29) is 12.1 Å². The van der Waals surface area contributed by atoms with Crippen molar-refractivity contribution in [3.8, 4) is 0 Å². The van der Waals surface area contributed by atoms with Crippen LogP contribution in [0.3, 0.4) is 0 Å². The molecule has 0 spiro atoms. The normalized spacial score (nSPS) is 13.4. The molecule has 1 aromatic heterocycles. The minimum absolute atomic E-state index is 0.0818. The standard InChI is InChI=1S/C15H17F2N3O2S/c1-15(22,12-3-2-10(16)6-13(12)17)8-19-14(21)18-5-4-11-7-23-9-20-11/h2-3,6-7,9,22H,4-5,8H2,1H3,(H2,18,19,21). The second-order valence-corrected chi connectivity index (χ2v) is 5.96. The SMILES string of the molecule is CC(O)(CNC(=O)NCCc1cscn1)c1ccc(F)cc1F. The molecule has 1 heterocycles. The van der Waals surface area contributed by atoms with Gasteiger partial charge in [-0.15, -0.1) is 11.3 Å². The molecule has 1 aromatic carbocycles. The molecule has 1 unspecified atom stereocenters. The number of nitrogens with one attached hydrogen (secondary N) is 2. The van der Waals surface area contributed by atoms with Crippen LogP contribution in [0.1, 0.15) is 18.2 Å². The first kappa shape index (κ1) is 17.3. The van der Waals surface area contributed by atoms with Gasteiger partial charge in [-0.3, -0.25) is 0 Å². The molecule has 2 amide bonds. The summed E-state index contributed by atoms with van der Waals surface area (Å²) in [7, 11) is 0. The molecule has 8 heteroatoms. The topological polar surface area (TPSA) is 74.2 Å². The second-order valence-electron chi connectivity index (χ2n) is 5.24. The van der Waals surface area contributed by atoms with E-state index in [9.17, 15) is 18.7 Å². The molecule has 0 aliphatic heterocycles. The maximum absolute atomic E-state index is 13.7. The first-order chi connectivity index (χ1) is 10.9. The highest BCUT2D eigenvalue weighted by molar-refractivity contribution is 7.07. The lowest BCUT2D eigenvalue weighted by molar-refractivity contribution is 0.0555. The second kappa shape index (κ2) is 7.47. The molecule has 0 aliphatic rings. The van der Waals surface area contributed by atoms with Gasteiger partial charge in [0.1, 0.15) is 17.2 Å². The Morgan fingerprint density at radius 3 is 2.83 bits per heavy atom. The van der Waals surface area contributed by atoms with Gasteiger partial charge in [0.15, 0.2) is 0 Å². The van der Waals surface area contributed by atoms with Crippen molar-refractivity contribution in [3.63, 3.8) is 0 Å². The van der Waals surface area contributed by atoms with Crippen LogP contribution in [0.5, 0.6) is 0 Å². The number of urea groups is 1. The van der Waals surface area contributed by atoms with Crippen molar-refractivity contribution in [3.05, 3.63) is 52.0 Å². The van der Waals surface area contributed by atoms with E-state index in [1.54, 1.807) is 5.51 Å². The first-order valence-electron chi connectivity index (χ1n) is 6.95. The molecule has 0 radical (unpaired) electrons. The highest BCUT2D eigenvalue weighted by Crippen LogP contribution is 2.23. The molecule has 23 heavy (non-hydrogen) atoms. The van der Waals surface area contributed by atoms with Gasteiger partial charge in [0.2, 0.25) is 0 Å². The Bertz CT molecular complexity index is 663. The zero-order valence-electron chi connectivity index (χ0n) is 12.5. The number of carbonyl (C=O) groups excluding carboxylic acids is 1. The quantitative estimate of drug-likeness (QED) is 0.754. The fourth-order valence-corrected chi connectivity index (χ4v) is 2.59. The molecule has 0 fully saturated rings. The van der Waals surface area contributed by atoms with Gasteiger partial charge in [-0.1, -0.05) is 6.07 Å². The van der Waals surface area contributed by atoms with Crippen LogP contribution in [0.2, 0.25) is 0 Å². The Balaban J connectivity index is 1.82. The Morgan fingerprint density at radius 2 is 2.17 bits per heavy atom. The number of rotatable bonds is 6. The molecule has 124 valence electrons. The summed E-state index contributed by atoms with van der Waals surface area (Å²) >= 11 is 1.48. The minimum atomic E-state index is -1.65. The number of thiazole rings is 1. The predicted molar refractivity (Wildman–Crippen MR) is 83.1 cm³/mol. The zero-order chi connectivity index (χ0) is 16.9. The predicted octanol–water partition coefficient (Wildman–Crippen LogP) is 2.17. The van der Waals surface area contributed by atoms with E-state index >= 15 is 0 Å². The van der Waals surface area contributed by atoms with Gasteiger partial charge >= 0.3 is 6.03 Å². The first-order valence-corrected chi connectivity index (χ1v) is 7.89. The fraction of sp³-hybridized carbons (Fsp3) is 0.333. The Labute approximate surface area is 136 Å². The van der Waals surface area contributed by atoms with Gasteiger partial charge in [-0.25, -0.2) is 18.6 Å². The molecule has 3 N–H and O–H groups in total. The lowest BCUT2D eigenvalue weighted by Crippen LogP contribution is -2.44. The number of amides is 2. The van der Waals surface area contributed by atoms with Crippen LogP contribution in [0.25, 0.3) is 0 Å². The average molecular weight is 341 g/mol. The highest BCUT2D eigenvalue weighted by Gasteiger charge is 2.27. The van der Waals surface area contributed by atoms with Crippen molar-refractivity contribution >= 4 is 17.4 Å². The fourth-order valence-electron chi connectivity index (χ4n) is 2.00. The van der Waals surface area contributed by atoms with Crippen LogP contribution >= 0.6 is 11.3 Å². The van der Waals surface area contributed by atoms with E-state index in [0.29, 0.717) is 19.0 Å². The van der Waals surface area contributed by atoms with Crippen LogP contribution in [-0.2, 0) is 12.0 Å². The van der Waals surface area contributed by atoms with E-state index in [1.165, 1.54) is 18.3 Å². The summed E-state index contributed by atoms with van der Waals surface area (Å²) in [5.74, 6) is -1.59. The summed E-state index contributed by atoms with van der Waals surface area (Å²) < 4.78 is 26.6. The molecular formula is C15H17F2N3O2S. The van der Waals surface area contributed by atoms with E-state index < -0.39 is 23.3 Å². The third-order valence-corrected chi connectivity index (χ3v) is 3.89. The lowest BCUT2D eigenvalue weighted by Gasteiger charge is -2.24. The summed E-state index contributed by atoms with van der Waals surface area (Å²) in [5, 5.41) is 17.2. The van der Waals surface area contributed by atoms with Crippen molar-refractivity contribution in [2.45, 2.75) is 18.9 Å². The molecule has 1 atom stereocenters. The number of carbonyl (C=O) groups is 1. The van der Waals surface area contributed by atoms with Gasteiger partial charge in [0.05, 0.1) is 17.7 Å². The van der Waals surface area contributed by atoms with Crippen LogP contribution in [0.4, 0.5) is 13.6 Å². The molecule has 0 bridgehead atoms. The van der Waals surface area contributed by atoms with E-state index in [0.717, 1.165) is 17.8 Å². The Morgan fingerprint density at radius 1 is 1.39 bits per heavy atom. The minimum Gasteiger partial charge on any atom is -0.383 e. The molecule has 2 rings (SSSR count). The van der Waals surface area contributed by atoms with Crippen molar-refractivity contribution in [2.75, 3.05) is 13.1 Å². The highest BCUT2D eigenvalue weighted by atomic mass is 32.1. The van der Waals surface area contributed by atoms with Gasteiger partial charge in [-0.2, -0.15) is 0 Å². The summed E-state index contributed by atoms with van der Waals surface area (Å²) in [6.45, 7) is 1.53. The third kappa shape index (κ3) is 4.97. The van der Waals surface area contributed by atoms with Gasteiger partial charge in [0, 0.05) is 30.0 Å². The molecule has 0 aliphatic carbocycles. The average Bonchev–Trinajstić information content (AvgIpc) is 2.98. The van der Waals surface area contributed by atoms with Crippen LogP contribution in [0, 0.1) is 11.6 Å². The maximum atomic E-state index is 13.7. The Kier molecular flexibility index (Phi) is 5.62. The number of nitrogens with zero attached hydrogens (tertiary/aromatic N) is 1. The largest absolute Gasteiger partial charge is 0.383 e. The smallest absolute Gasteiger partial charge is 0.314 e. The van der Waals surface area contributed by atoms with E-state index in [1.807, 2.05) is 5.38 Å². The molecule has 5 nitrogen and oxygen atoms in total. The van der Waals surface area contributed by atoms with Crippen molar-refractivity contribution in [1.82, 2.24) is 15.6 Å². The van der Waals surface area contributed by atoms with Crippen LogP contribution in [-0.4, -0.2) is 29.2 Å². The summed E-state index contributed by atoms with van der Waals surface area (Å²) in [4.78, 5) is 15.8. The van der Waals surface area contributed by atoms with Crippen LogP contribution < -0.4 is 10.6 Å². The molecule has 2 aromatic rings. The molecule has 0 saturated carbocycles. The van der Waals surface area contributed by atoms with Crippen molar-refractivity contribution < 1.29 is 18.7 Å². The van der Waals surface area contributed by atoms with Gasteiger partial charge in [-0.05, 0) is 13.0 Å².